The molecule has 100 valence electrons. The van der Waals surface area contributed by atoms with Crippen LogP contribution < -0.4 is 0 Å². The highest BCUT2D eigenvalue weighted by Crippen LogP contribution is 2.30. The van der Waals surface area contributed by atoms with E-state index in [0.717, 1.165) is 17.8 Å². The maximum atomic E-state index is 13.6. The lowest BCUT2D eigenvalue weighted by molar-refractivity contribution is 0.565. The van der Waals surface area contributed by atoms with Crippen LogP contribution in [0.5, 0.6) is 0 Å². The summed E-state index contributed by atoms with van der Waals surface area (Å²) in [5, 5.41) is 0.621. The van der Waals surface area contributed by atoms with Crippen molar-refractivity contribution < 1.29 is 8.78 Å². The smallest absolute Gasteiger partial charge is 0.140 e. The summed E-state index contributed by atoms with van der Waals surface area (Å²) in [5.74, 6) is -0.325. The third-order valence-electron chi connectivity index (χ3n) is 2.31. The average molecular weight is 345 g/mol. The maximum Gasteiger partial charge on any atom is 0.140 e. The Kier molecular flexibility index (Phi) is 4.52. The largest absolute Gasteiger partial charge is 0.226 e. The summed E-state index contributed by atoms with van der Waals surface area (Å²) in [4.78, 5) is 8.94. The summed E-state index contributed by atoms with van der Waals surface area (Å²) in [6.07, 6.45) is 0. The van der Waals surface area contributed by atoms with Gasteiger partial charge in [-0.1, -0.05) is 25.6 Å². The van der Waals surface area contributed by atoms with Crippen molar-refractivity contribution >= 4 is 27.7 Å². The van der Waals surface area contributed by atoms with Crippen molar-refractivity contribution in [3.05, 3.63) is 46.3 Å². The van der Waals surface area contributed by atoms with Crippen LogP contribution in [0.3, 0.4) is 0 Å². The van der Waals surface area contributed by atoms with Crippen molar-refractivity contribution in [1.29, 1.82) is 0 Å². The molecule has 0 aliphatic heterocycles. The first-order valence-corrected chi connectivity index (χ1v) is 7.24. The second kappa shape index (κ2) is 5.96. The standard InChI is InChI=1S/C13H11BrF2N2S/c1-7(2)13-17-11(14)6-12(18-13)19-10-4-3-8(15)5-9(10)16/h3-7H,1-2H3. The van der Waals surface area contributed by atoms with Gasteiger partial charge in [-0.05, 0) is 28.1 Å². The molecule has 2 rings (SSSR count). The Morgan fingerprint density at radius 3 is 2.53 bits per heavy atom. The fourth-order valence-electron chi connectivity index (χ4n) is 1.39. The molecule has 0 amide bonds. The molecule has 0 radical (unpaired) electrons. The Hall–Kier alpha value is -1.01. The highest BCUT2D eigenvalue weighted by molar-refractivity contribution is 9.10. The average Bonchev–Trinajstić information content (AvgIpc) is 2.32. The van der Waals surface area contributed by atoms with E-state index in [1.165, 1.54) is 12.1 Å². The van der Waals surface area contributed by atoms with Gasteiger partial charge < -0.3 is 0 Å². The predicted octanol–water partition coefficient (Wildman–Crippen LogP) is 4.79. The Bertz CT molecular complexity index is 605. The molecule has 0 spiro atoms. The van der Waals surface area contributed by atoms with Crippen molar-refractivity contribution in [3.63, 3.8) is 0 Å². The van der Waals surface area contributed by atoms with Gasteiger partial charge >= 0.3 is 0 Å². The lowest BCUT2D eigenvalue weighted by Gasteiger charge is -2.07. The van der Waals surface area contributed by atoms with Crippen molar-refractivity contribution in [2.75, 3.05) is 0 Å². The van der Waals surface area contributed by atoms with E-state index < -0.39 is 11.6 Å². The molecule has 1 aromatic heterocycles. The van der Waals surface area contributed by atoms with E-state index in [-0.39, 0.29) is 5.92 Å². The van der Waals surface area contributed by atoms with Gasteiger partial charge in [-0.15, -0.1) is 0 Å². The molecule has 0 aliphatic rings. The number of benzene rings is 1. The predicted molar refractivity (Wildman–Crippen MR) is 74.3 cm³/mol. The summed E-state index contributed by atoms with van der Waals surface area (Å²) >= 11 is 4.45. The molecule has 2 aromatic rings. The fourth-order valence-corrected chi connectivity index (χ4v) is 2.77. The molecule has 19 heavy (non-hydrogen) atoms. The zero-order valence-corrected chi connectivity index (χ0v) is 12.7. The summed E-state index contributed by atoms with van der Waals surface area (Å²) < 4.78 is 27.1. The summed E-state index contributed by atoms with van der Waals surface area (Å²) in [7, 11) is 0. The number of halogens is 3. The van der Waals surface area contributed by atoms with Crippen molar-refractivity contribution in [2.24, 2.45) is 0 Å². The maximum absolute atomic E-state index is 13.6. The molecule has 0 bridgehead atoms. The van der Waals surface area contributed by atoms with Gasteiger partial charge in [-0.2, -0.15) is 0 Å². The lowest BCUT2D eigenvalue weighted by atomic mass is 10.2. The van der Waals surface area contributed by atoms with Crippen LogP contribution >= 0.6 is 27.7 Å². The monoisotopic (exact) mass is 344 g/mol. The van der Waals surface area contributed by atoms with E-state index >= 15 is 0 Å². The first-order chi connectivity index (χ1) is 8.95. The number of hydrogen-bond acceptors (Lipinski definition) is 3. The van der Waals surface area contributed by atoms with E-state index in [9.17, 15) is 8.78 Å². The van der Waals surface area contributed by atoms with Crippen LogP contribution in [0.1, 0.15) is 25.6 Å². The van der Waals surface area contributed by atoms with Crippen molar-refractivity contribution in [1.82, 2.24) is 9.97 Å². The molecule has 0 fully saturated rings. The Morgan fingerprint density at radius 1 is 1.16 bits per heavy atom. The molecule has 2 nitrogen and oxygen atoms in total. The molecule has 1 aromatic carbocycles. The molecular weight excluding hydrogens is 334 g/mol. The Morgan fingerprint density at radius 2 is 1.89 bits per heavy atom. The van der Waals surface area contributed by atoms with Gasteiger partial charge in [0, 0.05) is 22.9 Å². The molecule has 0 N–H and O–H groups in total. The second-order valence-corrected chi connectivity index (χ2v) is 6.09. The third-order valence-corrected chi connectivity index (χ3v) is 3.69. The first kappa shape index (κ1) is 14.4. The molecule has 0 aliphatic carbocycles. The summed E-state index contributed by atoms with van der Waals surface area (Å²) in [6, 6.07) is 5.20. The first-order valence-electron chi connectivity index (χ1n) is 5.63. The number of hydrogen-bond donors (Lipinski definition) is 0. The minimum Gasteiger partial charge on any atom is -0.226 e. The van der Waals surface area contributed by atoms with Crippen LogP contribution in [-0.4, -0.2) is 9.97 Å². The van der Waals surface area contributed by atoms with Crippen molar-refractivity contribution in [3.8, 4) is 0 Å². The number of nitrogens with zero attached hydrogens (tertiary/aromatic N) is 2. The lowest BCUT2D eigenvalue weighted by Crippen LogP contribution is -1.99. The Labute approximate surface area is 122 Å². The van der Waals surface area contributed by atoms with Crippen LogP contribution in [-0.2, 0) is 0 Å². The zero-order chi connectivity index (χ0) is 14.0. The van der Waals surface area contributed by atoms with Gasteiger partial charge in [0.15, 0.2) is 0 Å². The van der Waals surface area contributed by atoms with Gasteiger partial charge in [-0.25, -0.2) is 18.7 Å². The number of rotatable bonds is 3. The minimum absolute atomic E-state index is 0.176. The van der Waals surface area contributed by atoms with Crippen LogP contribution in [0.25, 0.3) is 0 Å². The summed E-state index contributed by atoms with van der Waals surface area (Å²) in [5.41, 5.74) is 0. The second-order valence-electron chi connectivity index (χ2n) is 4.22. The topological polar surface area (TPSA) is 25.8 Å². The van der Waals surface area contributed by atoms with Gasteiger partial charge in [0.25, 0.3) is 0 Å². The van der Waals surface area contributed by atoms with Crippen LogP contribution in [0, 0.1) is 11.6 Å². The third kappa shape index (κ3) is 3.73. The van der Waals surface area contributed by atoms with E-state index in [4.69, 9.17) is 0 Å². The van der Waals surface area contributed by atoms with Gasteiger partial charge in [0.2, 0.25) is 0 Å². The van der Waals surface area contributed by atoms with Gasteiger partial charge in [0.1, 0.15) is 27.1 Å². The minimum atomic E-state index is -0.592. The van der Waals surface area contributed by atoms with Crippen LogP contribution in [0.2, 0.25) is 0 Å². The highest BCUT2D eigenvalue weighted by atomic mass is 79.9. The van der Waals surface area contributed by atoms with E-state index in [1.54, 1.807) is 6.07 Å². The van der Waals surface area contributed by atoms with E-state index in [2.05, 4.69) is 25.9 Å². The van der Waals surface area contributed by atoms with Gasteiger partial charge in [-0.3, -0.25) is 0 Å². The molecule has 0 atom stereocenters. The quantitative estimate of drug-likeness (QED) is 0.748. The molecular formula is C13H11BrF2N2S. The van der Waals surface area contributed by atoms with Crippen LogP contribution in [0.4, 0.5) is 8.78 Å². The SMILES string of the molecule is CC(C)c1nc(Br)cc(Sc2ccc(F)cc2F)n1. The van der Waals surface area contributed by atoms with Crippen LogP contribution in [0.15, 0.2) is 38.8 Å². The molecule has 1 heterocycles. The molecule has 0 unspecified atom stereocenters. The normalized spacial score (nSPS) is 11.1. The number of aromatic nitrogens is 2. The molecule has 0 saturated carbocycles. The van der Waals surface area contributed by atoms with E-state index in [0.29, 0.717) is 20.3 Å². The summed E-state index contributed by atoms with van der Waals surface area (Å²) in [6.45, 7) is 3.96. The molecule has 0 saturated heterocycles. The Balaban J connectivity index is 2.32. The highest BCUT2D eigenvalue weighted by Gasteiger charge is 2.11. The van der Waals surface area contributed by atoms with E-state index in [1.807, 2.05) is 13.8 Å². The van der Waals surface area contributed by atoms with Crippen molar-refractivity contribution in [2.45, 2.75) is 29.7 Å². The molecule has 6 heteroatoms. The van der Waals surface area contributed by atoms with Gasteiger partial charge in [0.05, 0.1) is 0 Å². The fraction of sp³-hybridized carbons (Fsp3) is 0.231. The zero-order valence-electron chi connectivity index (χ0n) is 10.3.